The number of guanidine groups is 1. The SMILES string of the molecule is CN=C(NCCN1CCS(=O)(=O)CC1)NCc1ccc(F)cc1C(F)(F)F.I. The van der Waals surface area contributed by atoms with E-state index >= 15 is 0 Å². The zero-order chi connectivity index (χ0) is 20.1. The average molecular weight is 538 g/mol. The van der Waals surface area contributed by atoms with Crippen LogP contribution in [0.15, 0.2) is 23.2 Å². The molecule has 1 fully saturated rings. The normalized spacial score (nSPS) is 17.7. The summed E-state index contributed by atoms with van der Waals surface area (Å²) in [6.45, 7) is 1.79. The van der Waals surface area contributed by atoms with Crippen molar-refractivity contribution in [2.45, 2.75) is 12.7 Å². The van der Waals surface area contributed by atoms with Crippen LogP contribution in [0.25, 0.3) is 0 Å². The molecule has 12 heteroatoms. The molecule has 0 radical (unpaired) electrons. The lowest BCUT2D eigenvalue weighted by atomic mass is 10.1. The number of hydrogen-bond donors (Lipinski definition) is 2. The highest BCUT2D eigenvalue weighted by atomic mass is 127. The van der Waals surface area contributed by atoms with Gasteiger partial charge in [-0.1, -0.05) is 6.07 Å². The molecule has 0 aromatic heterocycles. The number of rotatable bonds is 5. The summed E-state index contributed by atoms with van der Waals surface area (Å²) < 4.78 is 74.9. The molecule has 1 aromatic rings. The summed E-state index contributed by atoms with van der Waals surface area (Å²) in [7, 11) is -1.45. The first-order valence-electron chi connectivity index (χ1n) is 8.33. The first-order chi connectivity index (χ1) is 12.6. The van der Waals surface area contributed by atoms with Gasteiger partial charge in [0.05, 0.1) is 17.1 Å². The molecule has 1 heterocycles. The Bertz CT molecular complexity index is 773. The maximum absolute atomic E-state index is 13.1. The van der Waals surface area contributed by atoms with Crippen LogP contribution in [0, 0.1) is 5.82 Å². The number of sulfone groups is 1. The minimum absolute atomic E-state index is 0. The van der Waals surface area contributed by atoms with E-state index in [0.29, 0.717) is 38.2 Å². The van der Waals surface area contributed by atoms with Crippen LogP contribution in [0.2, 0.25) is 0 Å². The fourth-order valence-corrected chi connectivity index (χ4v) is 3.95. The summed E-state index contributed by atoms with van der Waals surface area (Å²) in [6, 6.07) is 2.54. The summed E-state index contributed by atoms with van der Waals surface area (Å²) in [5.41, 5.74) is -1.12. The largest absolute Gasteiger partial charge is 0.416 e. The molecule has 0 unspecified atom stereocenters. The maximum atomic E-state index is 13.1. The standard InChI is InChI=1S/C16H22F4N4O2S.HI/c1-21-15(22-4-5-24-6-8-27(25,26)9-7-24)23-11-12-2-3-13(17)10-14(12)16(18,19)20;/h2-3,10H,4-9,11H2,1H3,(H2,21,22,23);1H. The van der Waals surface area contributed by atoms with Gasteiger partial charge in [0.1, 0.15) is 5.82 Å². The lowest BCUT2D eigenvalue weighted by Crippen LogP contribution is -2.45. The van der Waals surface area contributed by atoms with Gasteiger partial charge in [0.15, 0.2) is 15.8 Å². The van der Waals surface area contributed by atoms with Crippen LogP contribution < -0.4 is 10.6 Å². The van der Waals surface area contributed by atoms with Crippen LogP contribution >= 0.6 is 24.0 Å². The van der Waals surface area contributed by atoms with E-state index < -0.39 is 27.4 Å². The Balaban J connectivity index is 0.00000392. The van der Waals surface area contributed by atoms with Gasteiger partial charge in [-0.2, -0.15) is 13.2 Å². The molecular weight excluding hydrogens is 515 g/mol. The summed E-state index contributed by atoms with van der Waals surface area (Å²) in [5.74, 6) is -0.385. The number of nitrogens with one attached hydrogen (secondary N) is 2. The molecule has 1 aromatic carbocycles. The molecule has 6 nitrogen and oxygen atoms in total. The third-order valence-electron chi connectivity index (χ3n) is 4.20. The van der Waals surface area contributed by atoms with Crippen LogP contribution in [0.5, 0.6) is 0 Å². The highest BCUT2D eigenvalue weighted by Crippen LogP contribution is 2.32. The predicted molar refractivity (Wildman–Crippen MR) is 110 cm³/mol. The van der Waals surface area contributed by atoms with Crippen molar-refractivity contribution in [1.29, 1.82) is 0 Å². The molecule has 1 saturated heterocycles. The van der Waals surface area contributed by atoms with Gasteiger partial charge in [0.25, 0.3) is 0 Å². The van der Waals surface area contributed by atoms with Gasteiger partial charge in [-0.25, -0.2) is 12.8 Å². The first-order valence-corrected chi connectivity index (χ1v) is 10.2. The summed E-state index contributed by atoms with van der Waals surface area (Å²) in [6.07, 6.45) is -4.65. The van der Waals surface area contributed by atoms with E-state index in [1.54, 1.807) is 0 Å². The number of halogens is 5. The monoisotopic (exact) mass is 538 g/mol. The lowest BCUT2D eigenvalue weighted by Gasteiger charge is -2.26. The molecule has 0 atom stereocenters. The Labute approximate surface area is 178 Å². The zero-order valence-electron chi connectivity index (χ0n) is 15.2. The predicted octanol–water partition coefficient (Wildman–Crippen LogP) is 1.86. The number of hydrogen-bond acceptors (Lipinski definition) is 4. The van der Waals surface area contributed by atoms with Crippen LogP contribution in [0.1, 0.15) is 11.1 Å². The van der Waals surface area contributed by atoms with Crippen molar-refractivity contribution in [2.75, 3.05) is 44.7 Å². The average Bonchev–Trinajstić information content (AvgIpc) is 2.59. The maximum Gasteiger partial charge on any atom is 0.416 e. The molecule has 1 aliphatic heterocycles. The molecular formula is C16H23F4IN4O2S. The molecule has 0 aliphatic carbocycles. The van der Waals surface area contributed by atoms with E-state index in [-0.39, 0.29) is 47.6 Å². The van der Waals surface area contributed by atoms with E-state index in [1.807, 2.05) is 4.90 Å². The van der Waals surface area contributed by atoms with Crippen molar-refractivity contribution < 1.29 is 26.0 Å². The van der Waals surface area contributed by atoms with E-state index in [1.165, 1.54) is 7.05 Å². The van der Waals surface area contributed by atoms with Crippen molar-refractivity contribution in [1.82, 2.24) is 15.5 Å². The van der Waals surface area contributed by atoms with Gasteiger partial charge in [-0.05, 0) is 17.7 Å². The summed E-state index contributed by atoms with van der Waals surface area (Å²) >= 11 is 0. The van der Waals surface area contributed by atoms with Gasteiger partial charge in [-0.15, -0.1) is 24.0 Å². The summed E-state index contributed by atoms with van der Waals surface area (Å²) in [5, 5.41) is 5.74. The molecule has 2 rings (SSSR count). The number of nitrogens with zero attached hydrogens (tertiary/aromatic N) is 2. The fourth-order valence-electron chi connectivity index (χ4n) is 2.67. The van der Waals surface area contributed by atoms with Gasteiger partial charge < -0.3 is 10.6 Å². The van der Waals surface area contributed by atoms with E-state index in [2.05, 4.69) is 15.6 Å². The molecule has 0 saturated carbocycles. The highest BCUT2D eigenvalue weighted by Gasteiger charge is 2.33. The van der Waals surface area contributed by atoms with Crippen LogP contribution in [0.3, 0.4) is 0 Å². The Morgan fingerprint density at radius 1 is 1.21 bits per heavy atom. The van der Waals surface area contributed by atoms with Crippen LogP contribution in [0.4, 0.5) is 17.6 Å². The van der Waals surface area contributed by atoms with Crippen molar-refractivity contribution >= 4 is 39.8 Å². The number of alkyl halides is 3. The van der Waals surface area contributed by atoms with Gasteiger partial charge in [0, 0.05) is 39.8 Å². The van der Waals surface area contributed by atoms with Crippen molar-refractivity contribution in [3.05, 3.63) is 35.1 Å². The second-order valence-corrected chi connectivity index (χ2v) is 8.45. The minimum atomic E-state index is -4.65. The second-order valence-electron chi connectivity index (χ2n) is 6.15. The Hall–Kier alpha value is -1.15. The van der Waals surface area contributed by atoms with Crippen molar-refractivity contribution in [2.24, 2.45) is 4.99 Å². The van der Waals surface area contributed by atoms with E-state index in [0.717, 1.165) is 12.1 Å². The molecule has 1 aliphatic rings. The fraction of sp³-hybridized carbons (Fsp3) is 0.562. The molecule has 0 amide bonds. The van der Waals surface area contributed by atoms with Gasteiger partial charge in [-0.3, -0.25) is 9.89 Å². The van der Waals surface area contributed by atoms with Crippen molar-refractivity contribution in [3.8, 4) is 0 Å². The van der Waals surface area contributed by atoms with E-state index in [9.17, 15) is 26.0 Å². The zero-order valence-corrected chi connectivity index (χ0v) is 18.4. The van der Waals surface area contributed by atoms with Crippen LogP contribution in [-0.2, 0) is 22.6 Å². The summed E-state index contributed by atoms with van der Waals surface area (Å²) in [4.78, 5) is 5.93. The topological polar surface area (TPSA) is 73.8 Å². The van der Waals surface area contributed by atoms with Crippen molar-refractivity contribution in [3.63, 3.8) is 0 Å². The first kappa shape index (κ1) is 24.9. The third kappa shape index (κ3) is 7.70. The van der Waals surface area contributed by atoms with Crippen LogP contribution in [-0.4, -0.2) is 64.0 Å². The highest BCUT2D eigenvalue weighted by molar-refractivity contribution is 14.0. The van der Waals surface area contributed by atoms with E-state index in [4.69, 9.17) is 0 Å². The quantitative estimate of drug-likeness (QED) is 0.259. The third-order valence-corrected chi connectivity index (χ3v) is 5.81. The Kier molecular flexibility index (Phi) is 9.40. The number of benzene rings is 1. The number of aliphatic imine (C=N–C) groups is 1. The Morgan fingerprint density at radius 3 is 2.43 bits per heavy atom. The molecule has 0 spiro atoms. The smallest absolute Gasteiger partial charge is 0.355 e. The molecule has 2 N–H and O–H groups in total. The lowest BCUT2D eigenvalue weighted by molar-refractivity contribution is -0.138. The van der Waals surface area contributed by atoms with Gasteiger partial charge in [0.2, 0.25) is 0 Å². The molecule has 0 bridgehead atoms. The van der Waals surface area contributed by atoms with Gasteiger partial charge >= 0.3 is 6.18 Å². The Morgan fingerprint density at radius 2 is 1.86 bits per heavy atom. The minimum Gasteiger partial charge on any atom is -0.355 e. The molecule has 160 valence electrons. The second kappa shape index (κ2) is 10.6. The molecule has 28 heavy (non-hydrogen) atoms.